The van der Waals surface area contributed by atoms with E-state index < -0.39 is 10.0 Å². The van der Waals surface area contributed by atoms with Gasteiger partial charge in [-0.05, 0) is 56.2 Å². The van der Waals surface area contributed by atoms with Crippen molar-refractivity contribution in [3.8, 4) is 0 Å². The molecule has 0 aliphatic carbocycles. The van der Waals surface area contributed by atoms with Crippen LogP contribution < -0.4 is 4.90 Å². The topological polar surface area (TPSA) is 64.6 Å². The Morgan fingerprint density at radius 2 is 1.89 bits per heavy atom. The summed E-state index contributed by atoms with van der Waals surface area (Å²) in [5.74, 6) is 0.861. The van der Waals surface area contributed by atoms with E-state index in [1.165, 1.54) is 4.90 Å². The van der Waals surface area contributed by atoms with Gasteiger partial charge in [0.1, 0.15) is 5.82 Å². The summed E-state index contributed by atoms with van der Waals surface area (Å²) < 4.78 is 32.0. The first-order chi connectivity index (χ1) is 13.2. The lowest BCUT2D eigenvalue weighted by molar-refractivity contribution is -0.926. The number of rotatable bonds is 6. The predicted octanol–water partition coefficient (Wildman–Crippen LogP) is 1.07. The second-order valence-electron chi connectivity index (χ2n) is 7.29. The SMILES string of the molecule is C=CCn1c(C)nn(C[NH+]2CCN(S(=O)(=O)c3ccc(C)c(C)c3)CC2)c1=S. The van der Waals surface area contributed by atoms with Crippen molar-refractivity contribution in [2.24, 2.45) is 0 Å². The Bertz CT molecular complexity index is 1030. The van der Waals surface area contributed by atoms with Crippen molar-refractivity contribution in [1.82, 2.24) is 18.7 Å². The first-order valence-corrected chi connectivity index (χ1v) is 11.2. The molecule has 0 bridgehead atoms. The summed E-state index contributed by atoms with van der Waals surface area (Å²) >= 11 is 5.51. The Hall–Kier alpha value is -1.81. The average Bonchev–Trinajstić information content (AvgIpc) is 2.92. The lowest BCUT2D eigenvalue weighted by Gasteiger charge is -2.31. The van der Waals surface area contributed by atoms with Gasteiger partial charge in [-0.2, -0.15) is 14.1 Å². The van der Waals surface area contributed by atoms with E-state index in [-0.39, 0.29) is 0 Å². The molecule has 1 saturated heterocycles. The van der Waals surface area contributed by atoms with Crippen molar-refractivity contribution in [1.29, 1.82) is 0 Å². The zero-order valence-electron chi connectivity index (χ0n) is 16.7. The molecule has 1 aliphatic heterocycles. The van der Waals surface area contributed by atoms with E-state index in [9.17, 15) is 8.42 Å². The molecule has 1 aromatic heterocycles. The van der Waals surface area contributed by atoms with Crippen LogP contribution in [0.3, 0.4) is 0 Å². The molecule has 2 heterocycles. The summed E-state index contributed by atoms with van der Waals surface area (Å²) in [6.07, 6.45) is 1.80. The summed E-state index contributed by atoms with van der Waals surface area (Å²) in [5.41, 5.74) is 2.08. The van der Waals surface area contributed by atoms with Gasteiger partial charge in [-0.25, -0.2) is 8.42 Å². The molecule has 3 rings (SSSR count). The minimum atomic E-state index is -3.45. The molecule has 7 nitrogen and oxygen atoms in total. The first-order valence-electron chi connectivity index (χ1n) is 9.40. The molecular formula is C19H28N5O2S2+. The van der Waals surface area contributed by atoms with E-state index in [0.717, 1.165) is 30.0 Å². The lowest BCUT2D eigenvalue weighted by Crippen LogP contribution is -3.14. The molecule has 9 heteroatoms. The van der Waals surface area contributed by atoms with Crippen molar-refractivity contribution >= 4 is 22.2 Å². The van der Waals surface area contributed by atoms with Crippen LogP contribution in [-0.2, 0) is 23.2 Å². The molecule has 0 saturated carbocycles. The molecule has 1 fully saturated rings. The van der Waals surface area contributed by atoms with Gasteiger partial charge in [-0.15, -0.1) is 6.58 Å². The van der Waals surface area contributed by atoms with Gasteiger partial charge in [0.2, 0.25) is 14.8 Å². The van der Waals surface area contributed by atoms with Gasteiger partial charge in [0.25, 0.3) is 0 Å². The molecule has 0 spiro atoms. The number of nitrogens with one attached hydrogen (secondary N) is 1. The van der Waals surface area contributed by atoms with Gasteiger partial charge in [0.15, 0.2) is 6.67 Å². The molecule has 28 heavy (non-hydrogen) atoms. The Morgan fingerprint density at radius 3 is 2.50 bits per heavy atom. The predicted molar refractivity (Wildman–Crippen MR) is 111 cm³/mol. The van der Waals surface area contributed by atoms with E-state index in [4.69, 9.17) is 12.2 Å². The van der Waals surface area contributed by atoms with Crippen LogP contribution in [0.15, 0.2) is 35.7 Å². The fraction of sp³-hybridized carbons (Fsp3) is 0.474. The summed E-state index contributed by atoms with van der Waals surface area (Å²) in [5, 5.41) is 4.53. The molecule has 0 radical (unpaired) electrons. The van der Waals surface area contributed by atoms with Crippen LogP contribution in [-0.4, -0.2) is 53.2 Å². The largest absolute Gasteiger partial charge is 0.314 e. The fourth-order valence-corrected chi connectivity index (χ4v) is 5.27. The smallest absolute Gasteiger partial charge is 0.243 e. The van der Waals surface area contributed by atoms with Crippen molar-refractivity contribution in [2.75, 3.05) is 26.2 Å². The minimum Gasteiger partial charge on any atom is -0.314 e. The molecule has 0 amide bonds. The summed E-state index contributed by atoms with van der Waals surface area (Å²) in [6.45, 7) is 13.3. The molecule has 1 aromatic carbocycles. The Balaban J connectivity index is 1.67. The number of aryl methyl sites for hydroxylation is 3. The van der Waals surface area contributed by atoms with Crippen LogP contribution in [0.2, 0.25) is 0 Å². The number of quaternary nitrogens is 1. The third-order valence-electron chi connectivity index (χ3n) is 5.34. The number of sulfonamides is 1. The van der Waals surface area contributed by atoms with Gasteiger partial charge < -0.3 is 9.47 Å². The number of hydrogen-bond donors (Lipinski definition) is 1. The van der Waals surface area contributed by atoms with Crippen LogP contribution in [0.5, 0.6) is 0 Å². The van der Waals surface area contributed by atoms with Gasteiger partial charge in [0, 0.05) is 6.54 Å². The van der Waals surface area contributed by atoms with E-state index >= 15 is 0 Å². The number of hydrogen-bond acceptors (Lipinski definition) is 4. The molecule has 0 atom stereocenters. The van der Waals surface area contributed by atoms with E-state index in [0.29, 0.717) is 36.0 Å². The van der Waals surface area contributed by atoms with Gasteiger partial charge >= 0.3 is 0 Å². The highest BCUT2D eigenvalue weighted by Crippen LogP contribution is 2.19. The van der Waals surface area contributed by atoms with Crippen molar-refractivity contribution in [3.05, 3.63) is 52.6 Å². The number of nitrogens with zero attached hydrogens (tertiary/aromatic N) is 4. The fourth-order valence-electron chi connectivity index (χ4n) is 3.43. The van der Waals surface area contributed by atoms with Gasteiger partial charge in [-0.1, -0.05) is 12.1 Å². The maximum Gasteiger partial charge on any atom is 0.243 e. The molecule has 0 unspecified atom stereocenters. The maximum absolute atomic E-state index is 13.0. The van der Waals surface area contributed by atoms with Crippen LogP contribution in [0.1, 0.15) is 17.0 Å². The van der Waals surface area contributed by atoms with Crippen LogP contribution >= 0.6 is 12.2 Å². The standard InChI is InChI=1S/C19H27N5O2S2/c1-5-8-23-17(4)20-24(19(23)27)14-21-9-11-22(12-10-21)28(25,26)18-7-6-15(2)16(3)13-18/h5-7,13H,1,8-12,14H2,2-4H3/p+1. The lowest BCUT2D eigenvalue weighted by atomic mass is 10.1. The Kier molecular flexibility index (Phi) is 6.18. The quantitative estimate of drug-likeness (QED) is 0.559. The van der Waals surface area contributed by atoms with E-state index in [1.807, 2.05) is 36.1 Å². The van der Waals surface area contributed by atoms with Gasteiger partial charge in [0.05, 0.1) is 31.1 Å². The zero-order valence-corrected chi connectivity index (χ0v) is 18.3. The van der Waals surface area contributed by atoms with Crippen molar-refractivity contribution in [3.63, 3.8) is 0 Å². The van der Waals surface area contributed by atoms with E-state index in [2.05, 4.69) is 11.7 Å². The molecular weight excluding hydrogens is 394 g/mol. The Morgan fingerprint density at radius 1 is 1.21 bits per heavy atom. The average molecular weight is 423 g/mol. The highest BCUT2D eigenvalue weighted by atomic mass is 32.2. The van der Waals surface area contributed by atoms with Crippen LogP contribution in [0.25, 0.3) is 0 Å². The third kappa shape index (κ3) is 4.12. The minimum absolute atomic E-state index is 0.375. The van der Waals surface area contributed by atoms with Crippen LogP contribution in [0, 0.1) is 25.5 Å². The number of benzene rings is 1. The number of piperazine rings is 1. The highest BCUT2D eigenvalue weighted by molar-refractivity contribution is 7.89. The van der Waals surface area contributed by atoms with Crippen molar-refractivity contribution < 1.29 is 13.3 Å². The maximum atomic E-state index is 13.0. The molecule has 152 valence electrons. The number of aromatic nitrogens is 3. The monoisotopic (exact) mass is 422 g/mol. The van der Waals surface area contributed by atoms with Crippen molar-refractivity contribution in [2.45, 2.75) is 38.9 Å². The first kappa shape index (κ1) is 20.9. The van der Waals surface area contributed by atoms with Gasteiger partial charge in [-0.3, -0.25) is 0 Å². The normalized spacial score (nSPS) is 16.4. The van der Waals surface area contributed by atoms with Crippen LogP contribution in [0.4, 0.5) is 0 Å². The summed E-state index contributed by atoms with van der Waals surface area (Å²) in [7, 11) is -3.45. The van der Waals surface area contributed by atoms with E-state index in [1.54, 1.807) is 22.5 Å². The molecule has 1 aliphatic rings. The summed E-state index contributed by atoms with van der Waals surface area (Å²) in [4.78, 5) is 1.64. The Labute approximate surface area is 171 Å². The summed E-state index contributed by atoms with van der Waals surface area (Å²) in [6, 6.07) is 5.33. The molecule has 2 aromatic rings. The zero-order chi connectivity index (χ0) is 20.5. The number of allylic oxidation sites excluding steroid dienone is 1. The highest BCUT2D eigenvalue weighted by Gasteiger charge is 2.31. The second-order valence-corrected chi connectivity index (χ2v) is 9.59. The molecule has 1 N–H and O–H groups in total. The third-order valence-corrected chi connectivity index (χ3v) is 7.66. The second kappa shape index (κ2) is 8.28.